The fourth-order valence-electron chi connectivity index (χ4n) is 1.90. The van der Waals surface area contributed by atoms with Gasteiger partial charge in [-0.3, -0.25) is 0 Å². The molecule has 1 atom stereocenters. The van der Waals surface area contributed by atoms with Crippen LogP contribution in [0.1, 0.15) is 23.3 Å². The Bertz CT molecular complexity index is 608. The molecular weight excluding hydrogens is 287 g/mol. The van der Waals surface area contributed by atoms with Crippen LogP contribution in [0.2, 0.25) is 0 Å². The summed E-state index contributed by atoms with van der Waals surface area (Å²) >= 11 is 0. The molecule has 5 nitrogen and oxygen atoms in total. The van der Waals surface area contributed by atoms with E-state index in [4.69, 9.17) is 0 Å². The van der Waals surface area contributed by atoms with Gasteiger partial charge < -0.3 is 9.84 Å². The van der Waals surface area contributed by atoms with Gasteiger partial charge >= 0.3 is 6.36 Å². The van der Waals surface area contributed by atoms with Crippen molar-refractivity contribution in [2.45, 2.75) is 32.9 Å². The number of aliphatic hydroxyl groups is 1. The molecule has 1 aromatic carbocycles. The predicted octanol–water partition coefficient (Wildman–Crippen LogP) is 2.53. The van der Waals surface area contributed by atoms with Crippen molar-refractivity contribution in [3.05, 3.63) is 41.5 Å². The fraction of sp³-hybridized carbons (Fsp3) is 0.385. The number of halogens is 3. The van der Waals surface area contributed by atoms with E-state index in [9.17, 15) is 18.3 Å². The summed E-state index contributed by atoms with van der Waals surface area (Å²) in [5, 5.41) is 14.2. The normalized spacial score (nSPS) is 13.2. The number of aliphatic hydroxyl groups excluding tert-OH is 1. The summed E-state index contributed by atoms with van der Waals surface area (Å²) in [6.07, 6.45) is -5.63. The van der Waals surface area contributed by atoms with Crippen molar-refractivity contribution in [1.29, 1.82) is 0 Å². The van der Waals surface area contributed by atoms with Crippen LogP contribution in [0.15, 0.2) is 24.3 Å². The standard InChI is InChI=1S/C13H14F3N3O2/c1-8-17-9(2)19(18-8)7-12(20)10-3-5-11(6-4-10)21-13(14,15)16/h3-6,12,20H,7H2,1-2H3/t12-/m0/s1. The second-order valence-corrected chi connectivity index (χ2v) is 4.52. The van der Waals surface area contributed by atoms with E-state index in [1.807, 2.05) is 0 Å². The molecule has 1 N–H and O–H groups in total. The zero-order valence-corrected chi connectivity index (χ0v) is 11.4. The van der Waals surface area contributed by atoms with Crippen molar-refractivity contribution in [2.75, 3.05) is 0 Å². The van der Waals surface area contributed by atoms with E-state index < -0.39 is 12.5 Å². The average molecular weight is 301 g/mol. The van der Waals surface area contributed by atoms with Crippen molar-refractivity contribution in [3.63, 3.8) is 0 Å². The first-order valence-corrected chi connectivity index (χ1v) is 6.16. The molecule has 0 saturated heterocycles. The topological polar surface area (TPSA) is 60.2 Å². The largest absolute Gasteiger partial charge is 0.573 e. The van der Waals surface area contributed by atoms with Crippen LogP contribution < -0.4 is 4.74 Å². The van der Waals surface area contributed by atoms with E-state index in [-0.39, 0.29) is 12.3 Å². The minimum atomic E-state index is -4.73. The average Bonchev–Trinajstić information content (AvgIpc) is 2.66. The van der Waals surface area contributed by atoms with Crippen LogP contribution in [0.25, 0.3) is 0 Å². The summed E-state index contributed by atoms with van der Waals surface area (Å²) in [5.41, 5.74) is 0.470. The minimum absolute atomic E-state index is 0.173. The second kappa shape index (κ2) is 5.72. The summed E-state index contributed by atoms with van der Waals surface area (Å²) in [5.74, 6) is 0.920. The number of nitrogens with zero attached hydrogens (tertiary/aromatic N) is 3. The lowest BCUT2D eigenvalue weighted by molar-refractivity contribution is -0.274. The van der Waals surface area contributed by atoms with Gasteiger partial charge in [0.1, 0.15) is 17.4 Å². The molecule has 0 aliphatic heterocycles. The Morgan fingerprint density at radius 3 is 2.33 bits per heavy atom. The van der Waals surface area contributed by atoms with Crippen molar-refractivity contribution < 1.29 is 23.0 Å². The summed E-state index contributed by atoms with van der Waals surface area (Å²) in [6.45, 7) is 3.66. The third kappa shape index (κ3) is 4.19. The molecule has 0 unspecified atom stereocenters. The maximum Gasteiger partial charge on any atom is 0.573 e. The monoisotopic (exact) mass is 301 g/mol. The molecule has 0 aliphatic rings. The lowest BCUT2D eigenvalue weighted by Gasteiger charge is -2.13. The van der Waals surface area contributed by atoms with Gasteiger partial charge in [0, 0.05) is 0 Å². The van der Waals surface area contributed by atoms with E-state index in [2.05, 4.69) is 14.8 Å². The summed E-state index contributed by atoms with van der Waals surface area (Å²) in [4.78, 5) is 4.11. The Morgan fingerprint density at radius 2 is 1.86 bits per heavy atom. The van der Waals surface area contributed by atoms with Gasteiger partial charge in [-0.15, -0.1) is 13.2 Å². The SMILES string of the molecule is Cc1nc(C)n(C[C@H](O)c2ccc(OC(F)(F)F)cc2)n1. The molecule has 0 aliphatic carbocycles. The molecule has 0 fully saturated rings. The first-order chi connectivity index (χ1) is 9.74. The Balaban J connectivity index is 2.06. The first-order valence-electron chi connectivity index (χ1n) is 6.16. The zero-order valence-electron chi connectivity index (χ0n) is 11.4. The van der Waals surface area contributed by atoms with Gasteiger partial charge in [0.15, 0.2) is 0 Å². The number of alkyl halides is 3. The highest BCUT2D eigenvalue weighted by Gasteiger charge is 2.31. The summed E-state index contributed by atoms with van der Waals surface area (Å²) < 4.78 is 41.4. The first kappa shape index (κ1) is 15.3. The van der Waals surface area contributed by atoms with Crippen molar-refractivity contribution in [2.24, 2.45) is 0 Å². The van der Waals surface area contributed by atoms with Crippen molar-refractivity contribution >= 4 is 0 Å². The molecule has 2 aromatic rings. The van der Waals surface area contributed by atoms with E-state index in [1.54, 1.807) is 18.5 Å². The maximum atomic E-state index is 12.0. The number of hydrogen-bond donors (Lipinski definition) is 1. The second-order valence-electron chi connectivity index (χ2n) is 4.52. The van der Waals surface area contributed by atoms with Gasteiger partial charge in [-0.1, -0.05) is 12.1 Å². The zero-order chi connectivity index (χ0) is 15.6. The van der Waals surface area contributed by atoms with Gasteiger partial charge in [-0.25, -0.2) is 9.67 Å². The third-order valence-corrected chi connectivity index (χ3v) is 2.81. The van der Waals surface area contributed by atoms with Crippen molar-refractivity contribution in [1.82, 2.24) is 14.8 Å². The number of aryl methyl sites for hydroxylation is 2. The third-order valence-electron chi connectivity index (χ3n) is 2.81. The molecule has 0 amide bonds. The van der Waals surface area contributed by atoms with Crippen LogP contribution in [0, 0.1) is 13.8 Å². The highest BCUT2D eigenvalue weighted by molar-refractivity contribution is 5.28. The van der Waals surface area contributed by atoms with Gasteiger partial charge in [0.2, 0.25) is 0 Å². The lowest BCUT2D eigenvalue weighted by atomic mass is 10.1. The lowest BCUT2D eigenvalue weighted by Crippen LogP contribution is -2.17. The van der Waals surface area contributed by atoms with Crippen LogP contribution in [0.4, 0.5) is 13.2 Å². The number of ether oxygens (including phenoxy) is 1. The number of hydrogen-bond acceptors (Lipinski definition) is 4. The van der Waals surface area contributed by atoms with E-state index in [0.717, 1.165) is 12.1 Å². The minimum Gasteiger partial charge on any atom is -0.406 e. The highest BCUT2D eigenvalue weighted by atomic mass is 19.4. The van der Waals surface area contributed by atoms with Gasteiger partial charge in [-0.2, -0.15) is 5.10 Å². The summed E-state index contributed by atoms with van der Waals surface area (Å²) in [7, 11) is 0. The molecule has 0 saturated carbocycles. The van der Waals surface area contributed by atoms with Crippen molar-refractivity contribution in [3.8, 4) is 5.75 Å². The Kier molecular flexibility index (Phi) is 4.17. The molecule has 114 valence electrons. The number of rotatable bonds is 4. The highest BCUT2D eigenvalue weighted by Crippen LogP contribution is 2.24. The molecule has 1 aromatic heterocycles. The van der Waals surface area contributed by atoms with E-state index in [0.29, 0.717) is 17.2 Å². The van der Waals surface area contributed by atoms with Gasteiger partial charge in [0.25, 0.3) is 0 Å². The summed E-state index contributed by atoms with van der Waals surface area (Å²) in [6, 6.07) is 5.08. The molecule has 1 heterocycles. The van der Waals surface area contributed by atoms with E-state index >= 15 is 0 Å². The van der Waals surface area contributed by atoms with Crippen LogP contribution >= 0.6 is 0 Å². The maximum absolute atomic E-state index is 12.0. The van der Waals surface area contributed by atoms with Crippen LogP contribution in [0.3, 0.4) is 0 Å². The number of benzene rings is 1. The van der Waals surface area contributed by atoms with Crippen LogP contribution in [-0.2, 0) is 6.54 Å². The van der Waals surface area contributed by atoms with Crippen LogP contribution in [0.5, 0.6) is 5.75 Å². The van der Waals surface area contributed by atoms with Gasteiger partial charge in [-0.05, 0) is 31.5 Å². The van der Waals surface area contributed by atoms with E-state index in [1.165, 1.54) is 12.1 Å². The Labute approximate surface area is 119 Å². The van der Waals surface area contributed by atoms with Crippen LogP contribution in [-0.4, -0.2) is 26.2 Å². The molecule has 0 radical (unpaired) electrons. The quantitative estimate of drug-likeness (QED) is 0.942. The molecule has 2 rings (SSSR count). The molecular formula is C13H14F3N3O2. The molecule has 0 bridgehead atoms. The van der Waals surface area contributed by atoms with Gasteiger partial charge in [0.05, 0.1) is 12.6 Å². The smallest absolute Gasteiger partial charge is 0.406 e. The Hall–Kier alpha value is -2.09. The molecule has 0 spiro atoms. The molecule has 21 heavy (non-hydrogen) atoms. The Morgan fingerprint density at radius 1 is 1.24 bits per heavy atom. The fourth-order valence-corrected chi connectivity index (χ4v) is 1.90. The molecule has 8 heteroatoms. The number of aromatic nitrogens is 3. The predicted molar refractivity (Wildman–Crippen MR) is 67.6 cm³/mol.